The molecule has 2 aliphatic rings. The van der Waals surface area contributed by atoms with Crippen molar-refractivity contribution < 1.29 is 4.92 Å². The fourth-order valence-corrected chi connectivity index (χ4v) is 3.31. The van der Waals surface area contributed by atoms with Crippen LogP contribution in [-0.2, 0) is 0 Å². The molecule has 1 N–H and O–H groups in total. The molecule has 6 heteroatoms. The van der Waals surface area contributed by atoms with Gasteiger partial charge in [-0.2, -0.15) is 0 Å². The number of nitrogens with zero attached hydrogens (tertiary/aromatic N) is 3. The molecule has 2 aliphatic heterocycles. The van der Waals surface area contributed by atoms with Gasteiger partial charge >= 0.3 is 5.69 Å². The maximum Gasteiger partial charge on any atom is 0.314 e. The summed E-state index contributed by atoms with van der Waals surface area (Å²) in [4.78, 5) is 17.5. The van der Waals surface area contributed by atoms with Crippen LogP contribution in [-0.4, -0.2) is 40.0 Å². The first-order valence-electron chi connectivity index (χ1n) is 6.77. The van der Waals surface area contributed by atoms with Crippen molar-refractivity contribution >= 4 is 11.5 Å². The van der Waals surface area contributed by atoms with E-state index in [1.807, 2.05) is 0 Å². The van der Waals surface area contributed by atoms with E-state index < -0.39 is 0 Å². The largest absolute Gasteiger partial charge is 0.360 e. The summed E-state index contributed by atoms with van der Waals surface area (Å²) in [5.41, 5.74) is 0.766. The number of hydrogen-bond donors (Lipinski definition) is 1. The van der Waals surface area contributed by atoms with Crippen LogP contribution >= 0.6 is 0 Å². The Balaban J connectivity index is 1.84. The third-order valence-electron chi connectivity index (χ3n) is 4.24. The fourth-order valence-electron chi connectivity index (χ4n) is 3.31. The zero-order chi connectivity index (χ0) is 13.4. The predicted octanol–water partition coefficient (Wildman–Crippen LogP) is 1.95. The number of aryl methyl sites for hydroxylation is 1. The van der Waals surface area contributed by atoms with Crippen molar-refractivity contribution in [3.63, 3.8) is 0 Å². The maximum absolute atomic E-state index is 11.2. The van der Waals surface area contributed by atoms with Crippen LogP contribution in [0.5, 0.6) is 0 Å². The second-order valence-electron chi connectivity index (χ2n) is 5.37. The van der Waals surface area contributed by atoms with Gasteiger partial charge in [-0.15, -0.1) is 0 Å². The number of aromatic nitrogens is 1. The third kappa shape index (κ3) is 2.16. The van der Waals surface area contributed by atoms with Gasteiger partial charge in [-0.05, 0) is 38.8 Å². The van der Waals surface area contributed by atoms with Crippen LogP contribution in [0.15, 0.2) is 12.3 Å². The van der Waals surface area contributed by atoms with Gasteiger partial charge < -0.3 is 5.32 Å². The molecule has 2 atom stereocenters. The van der Waals surface area contributed by atoms with Crippen LogP contribution in [0.3, 0.4) is 0 Å². The summed E-state index contributed by atoms with van der Waals surface area (Å²) in [5.74, 6) is 0.420. The minimum Gasteiger partial charge on any atom is -0.360 e. The van der Waals surface area contributed by atoms with Crippen molar-refractivity contribution in [3.05, 3.63) is 27.9 Å². The van der Waals surface area contributed by atoms with Gasteiger partial charge in [0.25, 0.3) is 0 Å². The minimum atomic E-state index is -0.341. The van der Waals surface area contributed by atoms with Crippen LogP contribution in [0, 0.1) is 17.0 Å². The molecule has 0 aliphatic carbocycles. The molecule has 0 bridgehead atoms. The smallest absolute Gasteiger partial charge is 0.314 e. The summed E-state index contributed by atoms with van der Waals surface area (Å²) in [6.45, 7) is 4.00. The van der Waals surface area contributed by atoms with Crippen LogP contribution in [0.2, 0.25) is 0 Å². The highest BCUT2D eigenvalue weighted by Crippen LogP contribution is 2.32. The Hall–Kier alpha value is -1.69. The summed E-state index contributed by atoms with van der Waals surface area (Å²) < 4.78 is 0. The number of rotatable bonds is 3. The average molecular weight is 262 g/mol. The fraction of sp³-hybridized carbons (Fsp3) is 0.615. The van der Waals surface area contributed by atoms with E-state index in [9.17, 15) is 10.1 Å². The van der Waals surface area contributed by atoms with E-state index in [-0.39, 0.29) is 16.7 Å². The zero-order valence-electron chi connectivity index (χ0n) is 11.0. The average Bonchev–Trinajstić information content (AvgIpc) is 2.93. The van der Waals surface area contributed by atoms with Gasteiger partial charge in [-0.25, -0.2) is 4.98 Å². The molecule has 102 valence electrons. The molecule has 0 spiro atoms. The monoisotopic (exact) mass is 262 g/mol. The zero-order valence-corrected chi connectivity index (χ0v) is 11.0. The Kier molecular flexibility index (Phi) is 3.10. The molecular weight excluding hydrogens is 244 g/mol. The molecular formula is C13H18N4O2. The first-order valence-corrected chi connectivity index (χ1v) is 6.77. The van der Waals surface area contributed by atoms with Crippen LogP contribution in [0.25, 0.3) is 0 Å². The minimum absolute atomic E-state index is 0.110. The van der Waals surface area contributed by atoms with E-state index in [1.54, 1.807) is 19.2 Å². The maximum atomic E-state index is 11.2. The van der Waals surface area contributed by atoms with E-state index in [4.69, 9.17) is 0 Å². The summed E-state index contributed by atoms with van der Waals surface area (Å²) in [6.07, 6.45) is 5.08. The molecule has 6 nitrogen and oxygen atoms in total. The van der Waals surface area contributed by atoms with Crippen molar-refractivity contribution in [2.75, 3.05) is 18.4 Å². The molecule has 0 saturated carbocycles. The first kappa shape index (κ1) is 12.3. The van der Waals surface area contributed by atoms with Crippen molar-refractivity contribution in [1.29, 1.82) is 0 Å². The topological polar surface area (TPSA) is 71.3 Å². The number of nitrogens with one attached hydrogen (secondary N) is 1. The quantitative estimate of drug-likeness (QED) is 0.666. The normalized spacial score (nSPS) is 26.4. The van der Waals surface area contributed by atoms with Crippen molar-refractivity contribution in [3.8, 4) is 0 Å². The number of anilines is 1. The van der Waals surface area contributed by atoms with Crippen LogP contribution in [0.1, 0.15) is 24.8 Å². The molecule has 2 unspecified atom stereocenters. The highest BCUT2D eigenvalue weighted by Gasteiger charge is 2.38. The Labute approximate surface area is 112 Å². The highest BCUT2D eigenvalue weighted by atomic mass is 16.6. The molecule has 0 aromatic carbocycles. The molecule has 3 heterocycles. The van der Waals surface area contributed by atoms with Crippen molar-refractivity contribution in [2.24, 2.45) is 0 Å². The summed E-state index contributed by atoms with van der Waals surface area (Å²) in [7, 11) is 0. The Morgan fingerprint density at radius 2 is 2.32 bits per heavy atom. The van der Waals surface area contributed by atoms with E-state index >= 15 is 0 Å². The lowest BCUT2D eigenvalue weighted by molar-refractivity contribution is -0.384. The first-order chi connectivity index (χ1) is 9.16. The molecule has 1 aromatic rings. The van der Waals surface area contributed by atoms with E-state index in [2.05, 4.69) is 15.2 Å². The second kappa shape index (κ2) is 4.77. The van der Waals surface area contributed by atoms with Crippen molar-refractivity contribution in [1.82, 2.24) is 9.88 Å². The summed E-state index contributed by atoms with van der Waals surface area (Å²) >= 11 is 0. The standard InChI is InChI=1S/C13H18N4O2/c1-9-4-6-14-13(12(9)17(18)19)15-10-5-8-16-7-2-3-11(10)16/h4,6,10-11H,2-3,5,7-8H2,1H3,(H,14,15). The predicted molar refractivity (Wildman–Crippen MR) is 72.3 cm³/mol. The number of nitro groups is 1. The van der Waals surface area contributed by atoms with Gasteiger partial charge in [0, 0.05) is 30.4 Å². The molecule has 3 rings (SSSR count). The van der Waals surface area contributed by atoms with Gasteiger partial charge in [0.05, 0.1) is 4.92 Å². The van der Waals surface area contributed by atoms with E-state index in [0.29, 0.717) is 17.4 Å². The Morgan fingerprint density at radius 3 is 3.11 bits per heavy atom. The Morgan fingerprint density at radius 1 is 1.47 bits per heavy atom. The van der Waals surface area contributed by atoms with Gasteiger partial charge in [-0.1, -0.05) is 0 Å². The molecule has 0 amide bonds. The van der Waals surface area contributed by atoms with E-state index in [0.717, 1.165) is 19.5 Å². The third-order valence-corrected chi connectivity index (χ3v) is 4.24. The second-order valence-corrected chi connectivity index (χ2v) is 5.37. The van der Waals surface area contributed by atoms with Gasteiger partial charge in [0.1, 0.15) is 0 Å². The van der Waals surface area contributed by atoms with Crippen LogP contribution in [0.4, 0.5) is 11.5 Å². The van der Waals surface area contributed by atoms with E-state index in [1.165, 1.54) is 12.8 Å². The molecule has 2 fully saturated rings. The lowest BCUT2D eigenvalue weighted by atomic mass is 10.1. The van der Waals surface area contributed by atoms with Crippen molar-refractivity contribution in [2.45, 2.75) is 38.3 Å². The molecule has 0 radical (unpaired) electrons. The number of fused-ring (bicyclic) bond motifs is 1. The lowest BCUT2D eigenvalue weighted by Crippen LogP contribution is -2.34. The van der Waals surface area contributed by atoms with Gasteiger partial charge in [-0.3, -0.25) is 15.0 Å². The molecule has 1 aromatic heterocycles. The lowest BCUT2D eigenvalue weighted by Gasteiger charge is -2.21. The van der Waals surface area contributed by atoms with Crippen LogP contribution < -0.4 is 5.32 Å². The number of pyridine rings is 1. The molecule has 19 heavy (non-hydrogen) atoms. The number of hydrogen-bond acceptors (Lipinski definition) is 5. The summed E-state index contributed by atoms with van der Waals surface area (Å²) in [5, 5.41) is 14.5. The Bertz CT molecular complexity index is 505. The van der Waals surface area contributed by atoms with Gasteiger partial charge in [0.2, 0.25) is 5.82 Å². The SMILES string of the molecule is Cc1ccnc(NC2CCN3CCCC23)c1[N+](=O)[O-]. The molecule has 2 saturated heterocycles. The van der Waals surface area contributed by atoms with Gasteiger partial charge in [0.15, 0.2) is 0 Å². The highest BCUT2D eigenvalue weighted by molar-refractivity contribution is 5.60. The summed E-state index contributed by atoms with van der Waals surface area (Å²) in [6, 6.07) is 2.48.